The molecule has 0 saturated carbocycles. The maximum Gasteiger partial charge on any atom is 0.254 e. The molecule has 7 nitrogen and oxygen atoms in total. The predicted octanol–water partition coefficient (Wildman–Crippen LogP) is 3.60. The van der Waals surface area contributed by atoms with Crippen molar-refractivity contribution in [3.05, 3.63) is 39.0 Å². The molecular weight excluding hydrogens is 400 g/mol. The number of halogens is 2. The molecule has 0 unspecified atom stereocenters. The normalized spacial score (nSPS) is 11.6. The number of benzene rings is 1. The molecular formula is C15H10BrClN4O3. The fourth-order valence-corrected chi connectivity index (χ4v) is 3.36. The zero-order valence-electron chi connectivity index (χ0n) is 12.2. The highest BCUT2D eigenvalue weighted by Gasteiger charge is 2.25. The van der Waals surface area contributed by atoms with Gasteiger partial charge in [0.15, 0.2) is 21.8 Å². The number of nitrogens with two attached hydrogens (primary N) is 1. The fraction of sp³-hybridized carbons (Fsp3) is 0.0667. The first-order valence-corrected chi connectivity index (χ1v) is 8.03. The van der Waals surface area contributed by atoms with Gasteiger partial charge in [-0.15, -0.1) is 0 Å². The lowest BCUT2D eigenvalue weighted by atomic mass is 10.2. The zero-order valence-corrected chi connectivity index (χ0v) is 14.6. The van der Waals surface area contributed by atoms with Crippen molar-refractivity contribution in [2.45, 2.75) is 6.92 Å². The van der Waals surface area contributed by atoms with Gasteiger partial charge in [-0.2, -0.15) is 0 Å². The largest absolute Gasteiger partial charge is 0.504 e. The number of H-pyrrole nitrogens is 1. The van der Waals surface area contributed by atoms with Crippen LogP contribution < -0.4 is 5.73 Å². The lowest BCUT2D eigenvalue weighted by Crippen LogP contribution is -2.11. The van der Waals surface area contributed by atoms with Gasteiger partial charge in [0, 0.05) is 0 Å². The number of aryl methyl sites for hydroxylation is 1. The lowest BCUT2D eigenvalue weighted by molar-refractivity contribution is 0.100. The highest BCUT2D eigenvalue weighted by molar-refractivity contribution is 9.10. The van der Waals surface area contributed by atoms with Crippen LogP contribution in [0, 0.1) is 6.92 Å². The van der Waals surface area contributed by atoms with Gasteiger partial charge in [0.2, 0.25) is 0 Å². The number of fused-ring (bicyclic) bond motifs is 3. The van der Waals surface area contributed by atoms with E-state index in [1.165, 1.54) is 0 Å². The van der Waals surface area contributed by atoms with Gasteiger partial charge in [-0.1, -0.05) is 11.6 Å². The number of carbonyl (C=O) groups excluding carboxylic acids is 1. The molecule has 0 aliphatic carbocycles. The quantitative estimate of drug-likeness (QED) is 0.470. The van der Waals surface area contributed by atoms with Gasteiger partial charge in [0.25, 0.3) is 5.91 Å². The Morgan fingerprint density at radius 1 is 1.50 bits per heavy atom. The second-order valence-electron chi connectivity index (χ2n) is 5.32. The molecule has 1 aromatic carbocycles. The van der Waals surface area contributed by atoms with Crippen molar-refractivity contribution < 1.29 is 14.3 Å². The molecule has 122 valence electrons. The maximum atomic E-state index is 12.0. The van der Waals surface area contributed by atoms with Gasteiger partial charge in [-0.3, -0.25) is 9.89 Å². The van der Waals surface area contributed by atoms with Crippen molar-refractivity contribution in [2.75, 3.05) is 0 Å². The monoisotopic (exact) mass is 408 g/mol. The number of aromatic hydroxyl groups is 1. The van der Waals surface area contributed by atoms with Crippen molar-refractivity contribution in [3.8, 4) is 17.2 Å². The first kappa shape index (κ1) is 15.1. The van der Waals surface area contributed by atoms with Crippen LogP contribution in [0.2, 0.25) is 5.02 Å². The third-order valence-corrected chi connectivity index (χ3v) is 4.52. The van der Waals surface area contributed by atoms with Crippen LogP contribution in [0.25, 0.3) is 28.1 Å². The molecule has 0 aliphatic rings. The Hall–Kier alpha value is -2.45. The number of primary amides is 1. The smallest absolute Gasteiger partial charge is 0.254 e. The molecule has 0 radical (unpaired) electrons. The number of nitrogens with one attached hydrogen (secondary N) is 1. The van der Waals surface area contributed by atoms with Gasteiger partial charge in [-0.25, -0.2) is 9.50 Å². The van der Waals surface area contributed by atoms with Crippen LogP contribution in [0.3, 0.4) is 0 Å². The highest BCUT2D eigenvalue weighted by atomic mass is 79.9. The Bertz CT molecular complexity index is 1140. The summed E-state index contributed by atoms with van der Waals surface area (Å²) in [4.78, 5) is 16.4. The van der Waals surface area contributed by atoms with Gasteiger partial charge in [0.05, 0.1) is 10.5 Å². The Kier molecular flexibility index (Phi) is 3.16. The number of aromatic amines is 1. The Labute approximate surface area is 148 Å². The van der Waals surface area contributed by atoms with Crippen LogP contribution in [0.5, 0.6) is 5.75 Å². The number of carbonyl (C=O) groups is 1. The number of imidazole rings is 1. The molecule has 0 saturated heterocycles. The van der Waals surface area contributed by atoms with Crippen molar-refractivity contribution in [1.82, 2.24) is 14.6 Å². The highest BCUT2D eigenvalue weighted by Crippen LogP contribution is 2.37. The summed E-state index contributed by atoms with van der Waals surface area (Å²) < 4.78 is 7.62. The van der Waals surface area contributed by atoms with E-state index < -0.39 is 5.91 Å². The van der Waals surface area contributed by atoms with E-state index in [-0.39, 0.29) is 16.3 Å². The summed E-state index contributed by atoms with van der Waals surface area (Å²) >= 11 is 9.23. The average molecular weight is 410 g/mol. The summed E-state index contributed by atoms with van der Waals surface area (Å²) in [7, 11) is 0. The summed E-state index contributed by atoms with van der Waals surface area (Å²) in [6, 6.07) is 5.03. The number of amides is 1. The van der Waals surface area contributed by atoms with Crippen molar-refractivity contribution >= 4 is 50.1 Å². The van der Waals surface area contributed by atoms with Crippen LogP contribution in [0.4, 0.5) is 0 Å². The fourth-order valence-electron chi connectivity index (χ4n) is 2.81. The Morgan fingerprint density at radius 3 is 2.88 bits per heavy atom. The minimum absolute atomic E-state index is 0.146. The summed E-state index contributed by atoms with van der Waals surface area (Å²) in [5.74, 6) is -0.375. The summed E-state index contributed by atoms with van der Waals surface area (Å²) in [6.07, 6.45) is 0. The van der Waals surface area contributed by atoms with Crippen LogP contribution in [-0.2, 0) is 0 Å². The van der Waals surface area contributed by atoms with E-state index in [0.29, 0.717) is 32.8 Å². The van der Waals surface area contributed by atoms with Crippen LogP contribution >= 0.6 is 27.5 Å². The molecule has 0 aliphatic heterocycles. The molecule has 24 heavy (non-hydrogen) atoms. The average Bonchev–Trinajstić information content (AvgIpc) is 3.16. The van der Waals surface area contributed by atoms with Gasteiger partial charge < -0.3 is 15.3 Å². The number of aromatic nitrogens is 3. The molecule has 3 aromatic heterocycles. The number of phenols is 1. The van der Waals surface area contributed by atoms with E-state index in [2.05, 4.69) is 26.0 Å². The predicted molar refractivity (Wildman–Crippen MR) is 92.4 cm³/mol. The van der Waals surface area contributed by atoms with E-state index in [1.54, 1.807) is 22.7 Å². The van der Waals surface area contributed by atoms with Gasteiger partial charge >= 0.3 is 0 Å². The van der Waals surface area contributed by atoms with Crippen molar-refractivity contribution in [2.24, 2.45) is 5.73 Å². The Morgan fingerprint density at radius 2 is 2.25 bits per heavy atom. The van der Waals surface area contributed by atoms with Crippen LogP contribution in [0.1, 0.15) is 15.9 Å². The second-order valence-corrected chi connectivity index (χ2v) is 6.51. The van der Waals surface area contributed by atoms with E-state index in [9.17, 15) is 9.90 Å². The molecule has 9 heteroatoms. The first-order valence-electron chi connectivity index (χ1n) is 6.86. The molecule has 4 N–H and O–H groups in total. The van der Waals surface area contributed by atoms with Crippen LogP contribution in [-0.4, -0.2) is 25.6 Å². The van der Waals surface area contributed by atoms with Crippen molar-refractivity contribution in [3.63, 3.8) is 0 Å². The molecule has 0 bridgehead atoms. The lowest BCUT2D eigenvalue weighted by Gasteiger charge is -2.02. The number of hydrogen-bond acceptors (Lipinski definition) is 4. The number of furan rings is 1. The SMILES string of the molecule is Cc1cc(Cl)c(O)c2nc3c(C(N)=O)c(-c4ccc(Br)o4)[nH]n3c12. The van der Waals surface area contributed by atoms with Crippen molar-refractivity contribution in [1.29, 1.82) is 0 Å². The van der Waals surface area contributed by atoms with Gasteiger partial charge in [-0.05, 0) is 46.6 Å². The minimum atomic E-state index is -0.665. The minimum Gasteiger partial charge on any atom is -0.504 e. The second kappa shape index (κ2) is 5.02. The summed E-state index contributed by atoms with van der Waals surface area (Å²) in [6.45, 7) is 1.83. The third-order valence-electron chi connectivity index (χ3n) is 3.81. The Balaban J connectivity index is 2.16. The summed E-state index contributed by atoms with van der Waals surface area (Å²) in [5, 5.41) is 13.4. The van der Waals surface area contributed by atoms with E-state index in [4.69, 9.17) is 21.8 Å². The number of phenolic OH excluding ortho intramolecular Hbond substituents is 1. The van der Waals surface area contributed by atoms with E-state index in [0.717, 1.165) is 5.56 Å². The topological polar surface area (TPSA) is 110 Å². The number of rotatable bonds is 2. The first-order chi connectivity index (χ1) is 11.4. The molecule has 0 spiro atoms. The molecule has 4 aromatic rings. The molecule has 1 amide bonds. The number of hydrogen-bond donors (Lipinski definition) is 3. The molecule has 0 fully saturated rings. The summed E-state index contributed by atoms with van der Waals surface area (Å²) in [5.41, 5.74) is 8.09. The van der Waals surface area contributed by atoms with Gasteiger partial charge in [0.1, 0.15) is 16.8 Å². The maximum absolute atomic E-state index is 12.0. The molecule has 3 heterocycles. The van der Waals surface area contributed by atoms with Crippen LogP contribution in [0.15, 0.2) is 27.3 Å². The molecule has 4 rings (SSSR count). The van der Waals surface area contributed by atoms with E-state index >= 15 is 0 Å². The third kappa shape index (κ3) is 1.96. The standard InChI is InChI=1S/C15H10BrClN4O3/c1-5-4-6(17)13(22)11-12(5)21-15(19-11)9(14(18)23)10(20-21)7-2-3-8(16)24-7/h2-4,20,22H,1H3,(H2,18,23). The van der Waals surface area contributed by atoms with E-state index in [1.807, 2.05) is 6.92 Å². The molecule has 0 atom stereocenters. The number of nitrogens with zero attached hydrogens (tertiary/aromatic N) is 2. The zero-order chi connectivity index (χ0) is 17.2.